The van der Waals surface area contributed by atoms with Crippen LogP contribution >= 0.6 is 0 Å². The number of nitrogens with one attached hydrogen (secondary N) is 1. The molecule has 3 rings (SSSR count). The minimum absolute atomic E-state index is 0.173. The Bertz CT molecular complexity index is 694. The molecule has 0 saturated heterocycles. The summed E-state index contributed by atoms with van der Waals surface area (Å²) in [5.74, 6) is 2.50. The third-order valence-corrected chi connectivity index (χ3v) is 4.29. The van der Waals surface area contributed by atoms with Crippen molar-refractivity contribution in [1.29, 1.82) is 0 Å². The number of aryl methyl sites for hydroxylation is 2. The zero-order valence-electron chi connectivity index (χ0n) is 14.1. The molecule has 0 amide bonds. The summed E-state index contributed by atoms with van der Waals surface area (Å²) in [5, 5.41) is 3.32. The quantitative estimate of drug-likeness (QED) is 0.485. The predicted octanol–water partition coefficient (Wildman–Crippen LogP) is 2.40. The smallest absolute Gasteiger partial charge is 0.189 e. The van der Waals surface area contributed by atoms with Gasteiger partial charge >= 0.3 is 0 Å². The van der Waals surface area contributed by atoms with Crippen LogP contribution in [0.5, 0.6) is 5.75 Å². The van der Waals surface area contributed by atoms with Gasteiger partial charge in [-0.3, -0.25) is 4.99 Å². The lowest BCUT2D eigenvalue weighted by atomic mass is 10.0. The second-order valence-corrected chi connectivity index (χ2v) is 6.01. The molecule has 1 atom stereocenters. The van der Waals surface area contributed by atoms with E-state index in [1.54, 1.807) is 0 Å². The number of benzene rings is 1. The second kappa shape index (κ2) is 7.86. The number of unbranched alkanes of at least 4 members (excludes halogenated alkanes) is 1. The van der Waals surface area contributed by atoms with Crippen molar-refractivity contribution in [3.8, 4) is 5.75 Å². The first-order chi connectivity index (χ1) is 11.7. The topological polar surface area (TPSA) is 77.5 Å². The SMILES string of the molecule is Cc1nccn1CCCCN=C(N)NC1CCOc2ccccc21. The molecule has 1 unspecified atom stereocenters. The van der Waals surface area contributed by atoms with Gasteiger partial charge in [-0.1, -0.05) is 18.2 Å². The number of imidazole rings is 1. The zero-order chi connectivity index (χ0) is 16.8. The Morgan fingerprint density at radius 1 is 1.42 bits per heavy atom. The van der Waals surface area contributed by atoms with E-state index in [1.165, 1.54) is 0 Å². The summed E-state index contributed by atoms with van der Waals surface area (Å²) in [7, 11) is 0. The number of fused-ring (bicyclic) bond motifs is 1. The van der Waals surface area contributed by atoms with Gasteiger partial charge in [0.1, 0.15) is 11.6 Å². The van der Waals surface area contributed by atoms with Crippen LogP contribution in [-0.2, 0) is 6.54 Å². The highest BCUT2D eigenvalue weighted by atomic mass is 16.5. The van der Waals surface area contributed by atoms with Gasteiger partial charge in [0.05, 0.1) is 12.6 Å². The lowest BCUT2D eigenvalue weighted by molar-refractivity contribution is 0.262. The highest BCUT2D eigenvalue weighted by Gasteiger charge is 2.21. The molecule has 128 valence electrons. The second-order valence-electron chi connectivity index (χ2n) is 6.01. The van der Waals surface area contributed by atoms with E-state index in [0.29, 0.717) is 12.6 Å². The van der Waals surface area contributed by atoms with E-state index in [2.05, 4.69) is 25.9 Å². The van der Waals surface area contributed by atoms with Crippen LogP contribution in [0.4, 0.5) is 0 Å². The van der Waals surface area contributed by atoms with Gasteiger partial charge in [0.2, 0.25) is 0 Å². The third-order valence-electron chi connectivity index (χ3n) is 4.29. The van der Waals surface area contributed by atoms with Crippen molar-refractivity contribution < 1.29 is 4.74 Å². The fourth-order valence-electron chi connectivity index (χ4n) is 2.95. The Kier molecular flexibility index (Phi) is 5.36. The minimum Gasteiger partial charge on any atom is -0.493 e. The largest absolute Gasteiger partial charge is 0.493 e. The molecule has 0 radical (unpaired) electrons. The molecular formula is C18H25N5O. The molecule has 0 spiro atoms. The van der Waals surface area contributed by atoms with Gasteiger partial charge in [0.15, 0.2) is 5.96 Å². The van der Waals surface area contributed by atoms with E-state index < -0.39 is 0 Å². The lowest BCUT2D eigenvalue weighted by Crippen LogP contribution is -2.37. The van der Waals surface area contributed by atoms with E-state index in [4.69, 9.17) is 10.5 Å². The normalized spacial score (nSPS) is 17.2. The Labute approximate surface area is 142 Å². The summed E-state index contributed by atoms with van der Waals surface area (Å²) in [6.45, 7) is 4.43. The van der Waals surface area contributed by atoms with Crippen molar-refractivity contribution in [3.63, 3.8) is 0 Å². The number of aliphatic imine (C=N–C) groups is 1. The molecule has 3 N–H and O–H groups in total. The summed E-state index contributed by atoms with van der Waals surface area (Å²) in [4.78, 5) is 8.67. The van der Waals surface area contributed by atoms with Crippen molar-refractivity contribution in [2.45, 2.75) is 38.8 Å². The van der Waals surface area contributed by atoms with Gasteiger partial charge in [-0.25, -0.2) is 4.98 Å². The average Bonchev–Trinajstić information content (AvgIpc) is 3.00. The number of aromatic nitrogens is 2. The van der Waals surface area contributed by atoms with Gasteiger partial charge in [-0.05, 0) is 25.8 Å². The van der Waals surface area contributed by atoms with Gasteiger partial charge < -0.3 is 20.4 Å². The van der Waals surface area contributed by atoms with Crippen molar-refractivity contribution in [2.24, 2.45) is 10.7 Å². The van der Waals surface area contributed by atoms with Crippen LogP contribution in [-0.4, -0.2) is 28.7 Å². The Morgan fingerprint density at radius 3 is 3.12 bits per heavy atom. The fraction of sp³-hybridized carbons (Fsp3) is 0.444. The Balaban J connectivity index is 1.44. The molecule has 0 fully saturated rings. The van der Waals surface area contributed by atoms with Crippen LogP contribution < -0.4 is 15.8 Å². The number of hydrogen-bond donors (Lipinski definition) is 2. The van der Waals surface area contributed by atoms with E-state index in [-0.39, 0.29) is 6.04 Å². The maximum Gasteiger partial charge on any atom is 0.189 e. The van der Waals surface area contributed by atoms with Crippen LogP contribution in [0.25, 0.3) is 0 Å². The lowest BCUT2D eigenvalue weighted by Gasteiger charge is -2.26. The average molecular weight is 327 g/mol. The summed E-state index contributed by atoms with van der Waals surface area (Å²) in [5.41, 5.74) is 7.20. The third kappa shape index (κ3) is 4.07. The Hall–Kier alpha value is -2.50. The van der Waals surface area contributed by atoms with E-state index in [1.807, 2.05) is 37.5 Å². The molecule has 1 aliphatic heterocycles. The fourth-order valence-corrected chi connectivity index (χ4v) is 2.95. The van der Waals surface area contributed by atoms with Crippen molar-refractivity contribution >= 4 is 5.96 Å². The van der Waals surface area contributed by atoms with Crippen LogP contribution in [0.1, 0.15) is 36.7 Å². The van der Waals surface area contributed by atoms with Gasteiger partial charge in [-0.2, -0.15) is 0 Å². The molecule has 0 bridgehead atoms. The van der Waals surface area contributed by atoms with Crippen LogP contribution in [0.2, 0.25) is 0 Å². The number of nitrogens with zero attached hydrogens (tertiary/aromatic N) is 3. The number of hydrogen-bond acceptors (Lipinski definition) is 3. The molecule has 2 aromatic rings. The number of ether oxygens (including phenoxy) is 1. The summed E-state index contributed by atoms with van der Waals surface area (Å²) in [6, 6.07) is 8.25. The van der Waals surface area contributed by atoms with Crippen molar-refractivity contribution in [2.75, 3.05) is 13.2 Å². The first-order valence-corrected chi connectivity index (χ1v) is 8.50. The van der Waals surface area contributed by atoms with E-state index in [9.17, 15) is 0 Å². The minimum atomic E-state index is 0.173. The number of nitrogens with two attached hydrogens (primary N) is 1. The Morgan fingerprint density at radius 2 is 2.29 bits per heavy atom. The molecule has 2 heterocycles. The highest BCUT2D eigenvalue weighted by Crippen LogP contribution is 2.31. The first kappa shape index (κ1) is 16.4. The molecule has 6 nitrogen and oxygen atoms in total. The van der Waals surface area contributed by atoms with Crippen LogP contribution in [0.3, 0.4) is 0 Å². The molecule has 6 heteroatoms. The van der Waals surface area contributed by atoms with Gasteiger partial charge in [-0.15, -0.1) is 0 Å². The number of para-hydroxylation sites is 1. The monoisotopic (exact) mass is 327 g/mol. The number of rotatable bonds is 6. The molecule has 1 aromatic heterocycles. The van der Waals surface area contributed by atoms with Gasteiger partial charge in [0, 0.05) is 37.5 Å². The van der Waals surface area contributed by atoms with Crippen molar-refractivity contribution in [1.82, 2.24) is 14.9 Å². The summed E-state index contributed by atoms with van der Waals surface area (Å²) >= 11 is 0. The molecule has 1 aromatic carbocycles. The summed E-state index contributed by atoms with van der Waals surface area (Å²) in [6.07, 6.45) is 6.81. The molecule has 24 heavy (non-hydrogen) atoms. The highest BCUT2D eigenvalue weighted by molar-refractivity contribution is 5.78. The van der Waals surface area contributed by atoms with E-state index >= 15 is 0 Å². The van der Waals surface area contributed by atoms with Crippen LogP contribution in [0, 0.1) is 6.92 Å². The van der Waals surface area contributed by atoms with Gasteiger partial charge in [0.25, 0.3) is 0 Å². The molecule has 1 aliphatic rings. The molecular weight excluding hydrogens is 302 g/mol. The van der Waals surface area contributed by atoms with Crippen molar-refractivity contribution in [3.05, 3.63) is 48.0 Å². The first-order valence-electron chi connectivity index (χ1n) is 8.50. The van der Waals surface area contributed by atoms with E-state index in [0.717, 1.165) is 49.5 Å². The predicted molar refractivity (Wildman–Crippen MR) is 95.1 cm³/mol. The zero-order valence-corrected chi connectivity index (χ0v) is 14.1. The summed E-state index contributed by atoms with van der Waals surface area (Å²) < 4.78 is 7.82. The standard InChI is InChI=1S/C18H25N5O/c1-14-20-10-12-23(14)11-5-4-9-21-18(19)22-16-8-13-24-17-7-3-2-6-15(16)17/h2-3,6-7,10,12,16H,4-5,8-9,11,13H2,1H3,(H3,19,21,22). The molecule has 0 aliphatic carbocycles. The molecule has 0 saturated carbocycles. The van der Waals surface area contributed by atoms with Crippen LogP contribution in [0.15, 0.2) is 41.7 Å². The maximum absolute atomic E-state index is 6.05. The number of guanidine groups is 1. The maximum atomic E-state index is 6.05.